The standard InChI is InChI=1S/C56H36O/c1-33-23-26-44-42-18-8-12-22-48(42)56(54(44)34(33)2)47-21-11-7-17-41(47)43-27-24-37(29-49(43)56)38-25-28-52-50(31-38)55(51-30-35-13-3-4-14-36(35)32-53(51)57-52)45-19-9-5-15-39(45)40-16-6-10-20-46(40)55/h3-32H,1-2H3. The Balaban J connectivity index is 1.09. The molecule has 1 atom stereocenters. The summed E-state index contributed by atoms with van der Waals surface area (Å²) in [4.78, 5) is 0. The molecule has 3 aliphatic carbocycles. The molecule has 1 heterocycles. The second-order valence-corrected chi connectivity index (χ2v) is 16.4. The fourth-order valence-electron chi connectivity index (χ4n) is 11.5. The molecule has 2 spiro atoms. The molecular weight excluding hydrogens is 689 g/mol. The number of hydrogen-bond donors (Lipinski definition) is 0. The molecule has 4 aliphatic rings. The zero-order chi connectivity index (χ0) is 37.6. The Bertz CT molecular complexity index is 3200. The molecule has 0 saturated carbocycles. The van der Waals surface area contributed by atoms with E-state index in [2.05, 4.69) is 196 Å². The lowest BCUT2D eigenvalue weighted by Crippen LogP contribution is -2.32. The van der Waals surface area contributed by atoms with Crippen LogP contribution in [0.4, 0.5) is 0 Å². The van der Waals surface area contributed by atoms with Gasteiger partial charge in [-0.3, -0.25) is 0 Å². The number of benzene rings is 9. The highest BCUT2D eigenvalue weighted by Crippen LogP contribution is 2.65. The molecule has 0 saturated heterocycles. The van der Waals surface area contributed by atoms with Crippen molar-refractivity contribution in [2.75, 3.05) is 0 Å². The van der Waals surface area contributed by atoms with Crippen molar-refractivity contribution in [1.82, 2.24) is 0 Å². The first kappa shape index (κ1) is 31.3. The van der Waals surface area contributed by atoms with E-state index in [-0.39, 0.29) is 0 Å². The molecule has 1 nitrogen and oxygen atoms in total. The lowest BCUT2D eigenvalue weighted by molar-refractivity contribution is 0.437. The number of hydrogen-bond acceptors (Lipinski definition) is 1. The Labute approximate surface area is 332 Å². The van der Waals surface area contributed by atoms with Gasteiger partial charge < -0.3 is 4.74 Å². The Morgan fingerprint density at radius 3 is 1.42 bits per heavy atom. The van der Waals surface area contributed by atoms with Gasteiger partial charge in [0.2, 0.25) is 0 Å². The Hall–Kier alpha value is -6.96. The third-order valence-corrected chi connectivity index (χ3v) is 13.9. The highest BCUT2D eigenvalue weighted by Gasteiger charge is 2.53. The molecular formula is C56H36O. The summed E-state index contributed by atoms with van der Waals surface area (Å²) in [5.74, 6) is 1.82. The van der Waals surface area contributed by atoms with Crippen LogP contribution in [-0.2, 0) is 10.8 Å². The van der Waals surface area contributed by atoms with Crippen molar-refractivity contribution < 1.29 is 4.74 Å². The van der Waals surface area contributed by atoms with E-state index in [1.807, 2.05) is 0 Å². The molecule has 57 heavy (non-hydrogen) atoms. The minimum absolute atomic E-state index is 0.411. The quantitative estimate of drug-likeness (QED) is 0.164. The van der Waals surface area contributed by atoms with Crippen molar-refractivity contribution in [1.29, 1.82) is 0 Å². The zero-order valence-electron chi connectivity index (χ0n) is 31.7. The topological polar surface area (TPSA) is 9.23 Å². The summed E-state index contributed by atoms with van der Waals surface area (Å²) in [5.41, 5.74) is 22.5. The van der Waals surface area contributed by atoms with Crippen LogP contribution in [0.15, 0.2) is 182 Å². The first-order valence-corrected chi connectivity index (χ1v) is 20.1. The normalized spacial score (nSPS) is 16.6. The van der Waals surface area contributed by atoms with Crippen LogP contribution in [0, 0.1) is 13.8 Å². The van der Waals surface area contributed by atoms with Crippen molar-refractivity contribution in [3.05, 3.63) is 238 Å². The second-order valence-electron chi connectivity index (χ2n) is 16.4. The minimum Gasteiger partial charge on any atom is -0.457 e. The average molecular weight is 725 g/mol. The van der Waals surface area contributed by atoms with E-state index in [4.69, 9.17) is 4.74 Å². The van der Waals surface area contributed by atoms with Crippen LogP contribution in [0.1, 0.15) is 55.6 Å². The van der Waals surface area contributed by atoms with Crippen LogP contribution in [-0.4, -0.2) is 0 Å². The highest BCUT2D eigenvalue weighted by molar-refractivity contribution is 5.98. The molecule has 13 rings (SSSR count). The van der Waals surface area contributed by atoms with Gasteiger partial charge in [0.1, 0.15) is 11.5 Å². The van der Waals surface area contributed by atoms with Crippen LogP contribution < -0.4 is 4.74 Å². The van der Waals surface area contributed by atoms with E-state index in [1.165, 1.54) is 111 Å². The largest absolute Gasteiger partial charge is 0.457 e. The van der Waals surface area contributed by atoms with Crippen LogP contribution in [0.5, 0.6) is 11.5 Å². The van der Waals surface area contributed by atoms with E-state index >= 15 is 0 Å². The molecule has 1 heteroatoms. The molecule has 1 aliphatic heterocycles. The van der Waals surface area contributed by atoms with Gasteiger partial charge in [0.15, 0.2) is 0 Å². The van der Waals surface area contributed by atoms with Gasteiger partial charge in [0.05, 0.1) is 10.8 Å². The van der Waals surface area contributed by atoms with Crippen LogP contribution in [0.25, 0.3) is 55.3 Å². The van der Waals surface area contributed by atoms with Crippen molar-refractivity contribution in [2.45, 2.75) is 24.7 Å². The highest BCUT2D eigenvalue weighted by atomic mass is 16.5. The van der Waals surface area contributed by atoms with E-state index in [0.29, 0.717) is 0 Å². The zero-order valence-corrected chi connectivity index (χ0v) is 31.7. The molecule has 0 radical (unpaired) electrons. The Kier molecular flexibility index (Phi) is 5.96. The van der Waals surface area contributed by atoms with Crippen LogP contribution in [0.2, 0.25) is 0 Å². The number of rotatable bonds is 1. The number of ether oxygens (including phenoxy) is 1. The summed E-state index contributed by atoms with van der Waals surface area (Å²) < 4.78 is 6.99. The van der Waals surface area contributed by atoms with Gasteiger partial charge in [-0.25, -0.2) is 0 Å². The second kappa shape index (κ2) is 10.9. The van der Waals surface area contributed by atoms with E-state index in [1.54, 1.807) is 0 Å². The molecule has 266 valence electrons. The molecule has 0 aromatic heterocycles. The van der Waals surface area contributed by atoms with Gasteiger partial charge in [-0.2, -0.15) is 0 Å². The Morgan fingerprint density at radius 1 is 0.333 bits per heavy atom. The minimum atomic E-state index is -0.553. The predicted octanol–water partition coefficient (Wildman–Crippen LogP) is 13.9. The number of aryl methyl sites for hydroxylation is 1. The van der Waals surface area contributed by atoms with Crippen molar-refractivity contribution >= 4 is 10.8 Å². The molecule has 9 aromatic rings. The lowest BCUT2D eigenvalue weighted by atomic mass is 9.65. The van der Waals surface area contributed by atoms with Crippen molar-refractivity contribution in [3.63, 3.8) is 0 Å². The van der Waals surface area contributed by atoms with Gasteiger partial charge >= 0.3 is 0 Å². The van der Waals surface area contributed by atoms with Crippen molar-refractivity contribution in [2.24, 2.45) is 0 Å². The van der Waals surface area contributed by atoms with Gasteiger partial charge in [0, 0.05) is 11.1 Å². The third kappa shape index (κ3) is 3.71. The summed E-state index contributed by atoms with van der Waals surface area (Å²) in [6.07, 6.45) is 0. The molecule has 0 N–H and O–H groups in total. The van der Waals surface area contributed by atoms with E-state index < -0.39 is 10.8 Å². The van der Waals surface area contributed by atoms with E-state index in [0.717, 1.165) is 11.5 Å². The van der Waals surface area contributed by atoms with Gasteiger partial charge in [-0.1, -0.05) is 152 Å². The maximum Gasteiger partial charge on any atom is 0.132 e. The van der Waals surface area contributed by atoms with Gasteiger partial charge in [-0.05, 0) is 144 Å². The third-order valence-electron chi connectivity index (χ3n) is 13.9. The summed E-state index contributed by atoms with van der Waals surface area (Å²) >= 11 is 0. The fraction of sp³-hybridized carbons (Fsp3) is 0.0714. The average Bonchev–Trinajstić information content (AvgIpc) is 3.85. The molecule has 0 amide bonds. The molecule has 0 bridgehead atoms. The van der Waals surface area contributed by atoms with E-state index in [9.17, 15) is 0 Å². The maximum atomic E-state index is 6.99. The molecule has 0 fully saturated rings. The first-order chi connectivity index (χ1) is 28.1. The summed E-state index contributed by atoms with van der Waals surface area (Å²) in [5, 5.41) is 2.39. The lowest BCUT2D eigenvalue weighted by Gasteiger charge is -2.40. The summed E-state index contributed by atoms with van der Waals surface area (Å²) in [6, 6.07) is 68.4. The van der Waals surface area contributed by atoms with Gasteiger partial charge in [-0.15, -0.1) is 0 Å². The van der Waals surface area contributed by atoms with Crippen molar-refractivity contribution in [3.8, 4) is 56.0 Å². The Morgan fingerprint density at radius 2 is 0.789 bits per heavy atom. The SMILES string of the molecule is Cc1ccc2c(c1C)C1(c3ccccc3-c3ccc(-c4ccc5c(c4)C4(c6cc7ccccc7cc6O5)c5ccccc5-c5ccccc54)cc31)c1ccccc1-2. The number of fused-ring (bicyclic) bond motifs is 20. The van der Waals surface area contributed by atoms with Crippen LogP contribution in [0.3, 0.4) is 0 Å². The van der Waals surface area contributed by atoms with Crippen LogP contribution >= 0.6 is 0 Å². The predicted molar refractivity (Wildman–Crippen MR) is 233 cm³/mol. The molecule has 9 aromatic carbocycles. The summed E-state index contributed by atoms with van der Waals surface area (Å²) in [7, 11) is 0. The smallest absolute Gasteiger partial charge is 0.132 e. The molecule has 1 unspecified atom stereocenters. The van der Waals surface area contributed by atoms with Gasteiger partial charge in [0.25, 0.3) is 0 Å². The fourth-order valence-corrected chi connectivity index (χ4v) is 11.5. The monoisotopic (exact) mass is 724 g/mol. The first-order valence-electron chi connectivity index (χ1n) is 20.1. The summed E-state index contributed by atoms with van der Waals surface area (Å²) in [6.45, 7) is 4.59. The maximum absolute atomic E-state index is 6.99.